The van der Waals surface area contributed by atoms with Gasteiger partial charge < -0.3 is 9.63 Å². The quantitative estimate of drug-likeness (QED) is 0.697. The van der Waals surface area contributed by atoms with Crippen molar-refractivity contribution in [2.45, 2.75) is 13.0 Å². The smallest absolute Gasteiger partial charge is 0.104 e. The van der Waals surface area contributed by atoms with Crippen LogP contribution in [0.15, 0.2) is 48.7 Å². The van der Waals surface area contributed by atoms with E-state index in [0.717, 1.165) is 33.2 Å². The topological polar surface area (TPSA) is 42.4 Å². The first-order chi connectivity index (χ1) is 11.1. The highest BCUT2D eigenvalue weighted by molar-refractivity contribution is 7.09. The molecule has 3 rings (SSSR count). The van der Waals surface area contributed by atoms with Crippen LogP contribution >= 0.6 is 21.1 Å². The van der Waals surface area contributed by atoms with Gasteiger partial charge in [-0.25, -0.2) is 0 Å². The SMILES string of the molecule is Cc1cc2cccnc2c(-c2ccc(Cl)cc2)c1[C@H](O)COP. The molecule has 23 heavy (non-hydrogen) atoms. The fourth-order valence-electron chi connectivity index (χ4n) is 2.89. The highest BCUT2D eigenvalue weighted by atomic mass is 35.5. The third-order valence-electron chi connectivity index (χ3n) is 3.86. The second-order valence-corrected chi connectivity index (χ2v) is 6.18. The number of rotatable bonds is 4. The Bertz CT molecular complexity index is 836. The zero-order valence-electron chi connectivity index (χ0n) is 12.7. The Hall–Kier alpha value is -1.51. The number of hydrogen-bond donors (Lipinski definition) is 1. The minimum atomic E-state index is -0.732. The fraction of sp³-hybridized carbons (Fsp3) is 0.167. The Morgan fingerprint density at radius 3 is 2.70 bits per heavy atom. The van der Waals surface area contributed by atoms with E-state index in [1.54, 1.807) is 6.20 Å². The predicted molar refractivity (Wildman–Crippen MR) is 97.5 cm³/mol. The lowest BCUT2D eigenvalue weighted by molar-refractivity contribution is 0.119. The summed E-state index contributed by atoms with van der Waals surface area (Å²) in [4.78, 5) is 4.53. The van der Waals surface area contributed by atoms with Gasteiger partial charge in [-0.2, -0.15) is 0 Å². The number of halogens is 1. The van der Waals surface area contributed by atoms with Crippen LogP contribution in [0.3, 0.4) is 0 Å². The number of aromatic nitrogens is 1. The minimum absolute atomic E-state index is 0.199. The van der Waals surface area contributed by atoms with E-state index in [9.17, 15) is 5.11 Å². The Balaban J connectivity index is 2.34. The van der Waals surface area contributed by atoms with Crippen molar-refractivity contribution in [3.05, 3.63) is 64.8 Å². The van der Waals surface area contributed by atoms with Crippen molar-refractivity contribution in [3.8, 4) is 11.1 Å². The molecule has 0 aliphatic heterocycles. The molecule has 3 aromatic rings. The molecule has 0 fully saturated rings. The molecule has 0 saturated heterocycles. The number of aliphatic hydroxyl groups excluding tert-OH is 1. The lowest BCUT2D eigenvalue weighted by Crippen LogP contribution is -2.08. The first-order valence-corrected chi connectivity index (χ1v) is 8.10. The van der Waals surface area contributed by atoms with Crippen molar-refractivity contribution in [1.82, 2.24) is 4.98 Å². The number of pyridine rings is 1. The van der Waals surface area contributed by atoms with Crippen molar-refractivity contribution < 1.29 is 9.63 Å². The zero-order valence-corrected chi connectivity index (χ0v) is 14.6. The van der Waals surface area contributed by atoms with Gasteiger partial charge in [-0.1, -0.05) is 29.8 Å². The summed E-state index contributed by atoms with van der Waals surface area (Å²) < 4.78 is 5.06. The molecule has 2 aromatic carbocycles. The summed E-state index contributed by atoms with van der Waals surface area (Å²) in [5, 5.41) is 12.3. The highest BCUT2D eigenvalue weighted by Gasteiger charge is 2.20. The summed E-state index contributed by atoms with van der Waals surface area (Å²) in [7, 11) is 2.18. The Morgan fingerprint density at radius 2 is 2.00 bits per heavy atom. The Morgan fingerprint density at radius 1 is 1.26 bits per heavy atom. The van der Waals surface area contributed by atoms with Crippen molar-refractivity contribution >= 4 is 32.0 Å². The van der Waals surface area contributed by atoms with Gasteiger partial charge in [-0.15, -0.1) is 0 Å². The summed E-state index contributed by atoms with van der Waals surface area (Å²) in [6.07, 6.45) is 1.03. The highest BCUT2D eigenvalue weighted by Crippen LogP contribution is 2.37. The van der Waals surface area contributed by atoms with Crippen LogP contribution in [0, 0.1) is 6.92 Å². The van der Waals surface area contributed by atoms with Gasteiger partial charge in [0, 0.05) is 31.6 Å². The second-order valence-electron chi connectivity index (χ2n) is 5.41. The minimum Gasteiger partial charge on any atom is -0.386 e. The number of benzene rings is 2. The molecule has 1 unspecified atom stereocenters. The molecule has 0 bridgehead atoms. The number of aliphatic hydroxyl groups is 1. The average molecular weight is 346 g/mol. The van der Waals surface area contributed by atoms with E-state index in [1.165, 1.54) is 0 Å². The van der Waals surface area contributed by atoms with Gasteiger partial charge in [0.15, 0.2) is 0 Å². The largest absolute Gasteiger partial charge is 0.386 e. The molecule has 5 heteroatoms. The van der Waals surface area contributed by atoms with Crippen molar-refractivity contribution in [3.63, 3.8) is 0 Å². The first-order valence-electron chi connectivity index (χ1n) is 7.25. The van der Waals surface area contributed by atoms with Gasteiger partial charge in [-0.3, -0.25) is 4.98 Å². The Labute approximate surface area is 142 Å². The van der Waals surface area contributed by atoms with E-state index in [-0.39, 0.29) is 6.61 Å². The summed E-state index contributed by atoms with van der Waals surface area (Å²) in [5.41, 5.74) is 4.59. The van der Waals surface area contributed by atoms with Crippen molar-refractivity contribution in [2.24, 2.45) is 0 Å². The van der Waals surface area contributed by atoms with E-state index < -0.39 is 6.10 Å². The normalized spacial score (nSPS) is 12.5. The molecular weight excluding hydrogens is 329 g/mol. The maximum absolute atomic E-state index is 10.6. The molecule has 1 heterocycles. The second kappa shape index (κ2) is 6.94. The van der Waals surface area contributed by atoms with Gasteiger partial charge in [0.05, 0.1) is 12.1 Å². The van der Waals surface area contributed by atoms with Crippen LogP contribution in [-0.2, 0) is 4.52 Å². The molecule has 118 valence electrons. The summed E-state index contributed by atoms with van der Waals surface area (Å²) in [6.45, 7) is 2.19. The van der Waals surface area contributed by atoms with Crippen LogP contribution in [-0.4, -0.2) is 16.7 Å². The van der Waals surface area contributed by atoms with Crippen LogP contribution in [0.4, 0.5) is 0 Å². The zero-order chi connectivity index (χ0) is 16.4. The molecule has 0 amide bonds. The fourth-order valence-corrected chi connectivity index (χ4v) is 3.20. The van der Waals surface area contributed by atoms with Gasteiger partial charge >= 0.3 is 0 Å². The molecule has 0 radical (unpaired) electrons. The predicted octanol–water partition coefficient (Wildman–Crippen LogP) is 4.70. The monoisotopic (exact) mass is 345 g/mol. The third-order valence-corrected chi connectivity index (χ3v) is 4.31. The summed E-state index contributed by atoms with van der Waals surface area (Å²) >= 11 is 6.01. The van der Waals surface area contributed by atoms with Crippen LogP contribution in [0.1, 0.15) is 17.2 Å². The molecule has 3 nitrogen and oxygen atoms in total. The number of nitrogens with zero attached hydrogens (tertiary/aromatic N) is 1. The lowest BCUT2D eigenvalue weighted by atomic mass is 9.90. The van der Waals surface area contributed by atoms with E-state index in [2.05, 4.69) is 14.5 Å². The molecule has 0 saturated carbocycles. The molecule has 0 aliphatic carbocycles. The van der Waals surface area contributed by atoms with Crippen molar-refractivity contribution in [2.75, 3.05) is 6.61 Å². The maximum atomic E-state index is 10.6. The first kappa shape index (κ1) is 16.4. The van der Waals surface area contributed by atoms with E-state index in [4.69, 9.17) is 16.1 Å². The molecule has 1 N–H and O–H groups in total. The molecule has 0 spiro atoms. The van der Waals surface area contributed by atoms with Gasteiger partial charge in [0.25, 0.3) is 0 Å². The van der Waals surface area contributed by atoms with E-state index in [1.807, 2.05) is 49.4 Å². The van der Waals surface area contributed by atoms with Gasteiger partial charge in [-0.05, 0) is 47.9 Å². The summed E-state index contributed by atoms with van der Waals surface area (Å²) in [6, 6.07) is 13.6. The number of fused-ring (bicyclic) bond motifs is 1. The molecular formula is C18H17ClNO2P. The lowest BCUT2D eigenvalue weighted by Gasteiger charge is -2.20. The van der Waals surface area contributed by atoms with E-state index >= 15 is 0 Å². The van der Waals surface area contributed by atoms with Crippen LogP contribution in [0.2, 0.25) is 5.02 Å². The van der Waals surface area contributed by atoms with Gasteiger partial charge in [0.2, 0.25) is 0 Å². The molecule has 1 aromatic heterocycles. The average Bonchev–Trinajstić information content (AvgIpc) is 2.54. The van der Waals surface area contributed by atoms with Gasteiger partial charge in [0.1, 0.15) is 6.10 Å². The maximum Gasteiger partial charge on any atom is 0.104 e. The third kappa shape index (κ3) is 3.24. The standard InChI is InChI=1S/C18H17ClNO2P/c1-11-9-13-3-2-8-20-18(13)17(16(11)15(21)10-22-23)12-4-6-14(19)7-5-12/h2-9,15,21H,10,23H2,1H3/t15-/m1/s1. The van der Waals surface area contributed by atoms with Crippen LogP contribution < -0.4 is 0 Å². The van der Waals surface area contributed by atoms with Crippen LogP contribution in [0.25, 0.3) is 22.0 Å². The van der Waals surface area contributed by atoms with E-state index in [0.29, 0.717) is 5.02 Å². The summed E-state index contributed by atoms with van der Waals surface area (Å²) in [5.74, 6) is 0. The molecule has 0 aliphatic rings. The number of hydrogen-bond acceptors (Lipinski definition) is 3. The number of aryl methyl sites for hydroxylation is 1. The van der Waals surface area contributed by atoms with Crippen LogP contribution in [0.5, 0.6) is 0 Å². The van der Waals surface area contributed by atoms with Crippen molar-refractivity contribution in [1.29, 1.82) is 0 Å². The Kier molecular flexibility index (Phi) is 4.93. The molecule has 2 atom stereocenters.